The maximum absolute atomic E-state index is 6.84. The zero-order valence-corrected chi connectivity index (χ0v) is 44.5. The number of fused-ring (bicyclic) bond motifs is 16. The second-order valence-corrected chi connectivity index (χ2v) is 26.3. The lowest BCUT2D eigenvalue weighted by Gasteiger charge is -2.35. The van der Waals surface area contributed by atoms with Crippen LogP contribution < -0.4 is 20.2 Å². The van der Waals surface area contributed by atoms with E-state index in [0.29, 0.717) is 0 Å². The number of anilines is 6. The molecule has 0 amide bonds. The molecule has 0 atom stereocenters. The van der Waals surface area contributed by atoms with Crippen LogP contribution in [0.25, 0.3) is 120 Å². The van der Waals surface area contributed by atoms with Gasteiger partial charge in [-0.05, 0) is 165 Å². The van der Waals surface area contributed by atoms with E-state index >= 15 is 0 Å². The smallest absolute Gasteiger partial charge is 0.159 e. The van der Waals surface area contributed by atoms with E-state index < -0.39 is 8.07 Å². The topological polar surface area (TPSA) is 32.8 Å². The summed E-state index contributed by atoms with van der Waals surface area (Å²) in [6.45, 7) is 5.08. The molecule has 0 fully saturated rings. The lowest BCUT2D eigenvalue weighted by atomic mass is 9.92. The molecule has 14 aromatic carbocycles. The Morgan fingerprint density at radius 1 is 0.278 bits per heavy atom. The van der Waals surface area contributed by atoms with Gasteiger partial charge in [0.05, 0.1) is 11.4 Å². The standard InChI is InChI=1S/C74H48N2O2Si/c1-79(2)70-27-13-20-59-64-43-52(75(66-23-11-21-60-56-18-7-9-25-68(56)77-73(60)66)50-35-32-47-30-28-45-14-3-5-16-54(45)62(47)41-50)37-34-49(64)40-65(72(59)70)58-39-38-53(44-71(58)79)76(67-24-12-22-61-57-19-8-10-26-69(57)78-74(61)67)51-36-33-48-31-29-46-15-4-6-17-55(46)63(48)42-51/h3-44H,1-2H3. The highest BCUT2D eigenvalue weighted by molar-refractivity contribution is 7.03. The molecule has 16 aromatic rings. The third kappa shape index (κ3) is 6.48. The van der Waals surface area contributed by atoms with Crippen molar-refractivity contribution in [2.45, 2.75) is 13.1 Å². The van der Waals surface area contributed by atoms with Gasteiger partial charge >= 0.3 is 0 Å². The van der Waals surface area contributed by atoms with Crippen LogP contribution >= 0.6 is 0 Å². The van der Waals surface area contributed by atoms with Crippen molar-refractivity contribution in [2.24, 2.45) is 0 Å². The second kappa shape index (κ2) is 16.5. The summed E-state index contributed by atoms with van der Waals surface area (Å²) in [4.78, 5) is 4.84. The maximum Gasteiger partial charge on any atom is 0.159 e. The average Bonchev–Trinajstić information content (AvgIpc) is 4.24. The van der Waals surface area contributed by atoms with Crippen LogP contribution in [0.4, 0.5) is 34.1 Å². The first kappa shape index (κ1) is 44.2. The number of para-hydroxylation sites is 4. The van der Waals surface area contributed by atoms with Gasteiger partial charge in [-0.25, -0.2) is 0 Å². The predicted octanol–water partition coefficient (Wildman–Crippen LogP) is 20.1. The van der Waals surface area contributed by atoms with E-state index in [0.717, 1.165) is 78.0 Å². The van der Waals surface area contributed by atoms with Crippen LogP contribution in [0.2, 0.25) is 13.1 Å². The van der Waals surface area contributed by atoms with Crippen molar-refractivity contribution >= 4 is 161 Å². The molecular weight excluding hydrogens is 977 g/mol. The molecule has 0 spiro atoms. The highest BCUT2D eigenvalue weighted by atomic mass is 28.3. The van der Waals surface area contributed by atoms with Gasteiger partial charge in [0, 0.05) is 44.3 Å². The molecule has 79 heavy (non-hydrogen) atoms. The highest BCUT2D eigenvalue weighted by Crippen LogP contribution is 2.48. The van der Waals surface area contributed by atoms with Crippen LogP contribution in [0, 0.1) is 0 Å². The summed E-state index contributed by atoms with van der Waals surface area (Å²) in [5, 5.41) is 22.2. The minimum atomic E-state index is -2.40. The van der Waals surface area contributed by atoms with Crippen LogP contribution in [0.1, 0.15) is 0 Å². The Labute approximate surface area is 456 Å². The van der Waals surface area contributed by atoms with E-state index in [1.165, 1.54) is 86.1 Å². The first-order chi connectivity index (χ1) is 38.9. The lowest BCUT2D eigenvalue weighted by Crippen LogP contribution is -2.56. The monoisotopic (exact) mass is 1020 g/mol. The van der Waals surface area contributed by atoms with Crippen LogP contribution in [0.15, 0.2) is 264 Å². The molecule has 0 bridgehead atoms. The molecule has 0 saturated carbocycles. The molecule has 0 saturated heterocycles. The van der Waals surface area contributed by atoms with E-state index in [-0.39, 0.29) is 0 Å². The van der Waals surface area contributed by atoms with Gasteiger partial charge < -0.3 is 18.6 Å². The van der Waals surface area contributed by atoms with Crippen LogP contribution in [0.5, 0.6) is 0 Å². The Bertz CT molecular complexity index is 5280. The van der Waals surface area contributed by atoms with Crippen molar-refractivity contribution in [3.05, 3.63) is 255 Å². The third-order valence-corrected chi connectivity index (χ3v) is 20.9. The first-order valence-corrected chi connectivity index (χ1v) is 30.3. The van der Waals surface area contributed by atoms with Gasteiger partial charge in [0.15, 0.2) is 11.2 Å². The van der Waals surface area contributed by atoms with Crippen LogP contribution in [-0.2, 0) is 0 Å². The number of hydrogen-bond acceptors (Lipinski definition) is 4. The van der Waals surface area contributed by atoms with Crippen molar-refractivity contribution in [3.8, 4) is 11.1 Å². The maximum atomic E-state index is 6.84. The Morgan fingerprint density at radius 2 is 0.684 bits per heavy atom. The number of nitrogens with zero attached hydrogens (tertiary/aromatic N) is 2. The fourth-order valence-corrected chi connectivity index (χ4v) is 16.7. The Morgan fingerprint density at radius 3 is 1.24 bits per heavy atom. The summed E-state index contributed by atoms with van der Waals surface area (Å²) in [6.07, 6.45) is 0. The third-order valence-electron chi connectivity index (χ3n) is 17.3. The predicted molar refractivity (Wildman–Crippen MR) is 338 cm³/mol. The van der Waals surface area contributed by atoms with Crippen molar-refractivity contribution in [1.29, 1.82) is 0 Å². The molecule has 17 rings (SSSR count). The molecule has 2 aromatic heterocycles. The van der Waals surface area contributed by atoms with E-state index in [1.54, 1.807) is 0 Å². The van der Waals surface area contributed by atoms with Gasteiger partial charge in [0.1, 0.15) is 19.2 Å². The molecule has 0 unspecified atom stereocenters. The summed E-state index contributed by atoms with van der Waals surface area (Å²) in [5.41, 5.74) is 12.4. The summed E-state index contributed by atoms with van der Waals surface area (Å²) >= 11 is 0. The zero-order valence-electron chi connectivity index (χ0n) is 43.5. The Kier molecular flexibility index (Phi) is 9.25. The summed E-state index contributed by atoms with van der Waals surface area (Å²) < 4.78 is 13.7. The molecule has 1 aliphatic rings. The lowest BCUT2D eigenvalue weighted by molar-refractivity contribution is 0.668. The number of hydrogen-bond donors (Lipinski definition) is 0. The molecular formula is C74H48N2O2Si. The van der Waals surface area contributed by atoms with E-state index in [4.69, 9.17) is 8.83 Å². The van der Waals surface area contributed by atoms with Gasteiger partial charge in [-0.2, -0.15) is 0 Å². The van der Waals surface area contributed by atoms with E-state index in [1.807, 2.05) is 0 Å². The summed E-state index contributed by atoms with van der Waals surface area (Å²) in [7, 11) is -2.40. The number of furan rings is 2. The molecule has 3 heterocycles. The van der Waals surface area contributed by atoms with Crippen molar-refractivity contribution < 1.29 is 8.83 Å². The Balaban J connectivity index is 0.864. The van der Waals surface area contributed by atoms with Gasteiger partial charge in [-0.3, -0.25) is 0 Å². The first-order valence-electron chi connectivity index (χ1n) is 27.3. The average molecular weight is 1030 g/mol. The normalized spacial score (nSPS) is 13.0. The fraction of sp³-hybridized carbons (Fsp3) is 0.0270. The minimum Gasteiger partial charge on any atom is -0.454 e. The van der Waals surface area contributed by atoms with Crippen LogP contribution in [-0.4, -0.2) is 8.07 Å². The van der Waals surface area contributed by atoms with Crippen molar-refractivity contribution in [3.63, 3.8) is 0 Å². The quantitative estimate of drug-likeness (QED) is 0.123. The zero-order chi connectivity index (χ0) is 52.1. The number of rotatable bonds is 6. The van der Waals surface area contributed by atoms with Crippen LogP contribution in [0.3, 0.4) is 0 Å². The minimum absolute atomic E-state index is 0.865. The fourth-order valence-electron chi connectivity index (χ4n) is 13.6. The van der Waals surface area contributed by atoms with Gasteiger partial charge in [-0.1, -0.05) is 189 Å². The van der Waals surface area contributed by atoms with Crippen molar-refractivity contribution in [2.75, 3.05) is 9.80 Å². The summed E-state index contributed by atoms with van der Waals surface area (Å²) in [6, 6.07) is 93.9. The largest absolute Gasteiger partial charge is 0.454 e. The van der Waals surface area contributed by atoms with Crippen molar-refractivity contribution in [1.82, 2.24) is 0 Å². The molecule has 5 heteroatoms. The molecule has 0 radical (unpaired) electrons. The highest BCUT2D eigenvalue weighted by Gasteiger charge is 2.37. The van der Waals surface area contributed by atoms with E-state index in [2.05, 4.69) is 278 Å². The Hall–Kier alpha value is -9.94. The molecule has 370 valence electrons. The number of benzene rings is 14. The SMILES string of the molecule is C[Si]1(C)c2cc(N(c3ccc4ccc5ccccc5c4c3)c3cccc4c3oc3ccccc34)ccc2-c2cc3ccc(N(c4ccc5ccc6ccccc6c5c4)c4cccc5c4oc4ccccc45)cc3c3cccc1c23. The molecule has 0 aliphatic carbocycles. The molecule has 4 nitrogen and oxygen atoms in total. The van der Waals surface area contributed by atoms with Gasteiger partial charge in [0.2, 0.25) is 0 Å². The molecule has 1 aliphatic heterocycles. The summed E-state index contributed by atoms with van der Waals surface area (Å²) in [5.74, 6) is 0. The molecule has 0 N–H and O–H groups in total. The van der Waals surface area contributed by atoms with Gasteiger partial charge in [0.25, 0.3) is 0 Å². The second-order valence-electron chi connectivity index (χ2n) is 22.0. The van der Waals surface area contributed by atoms with E-state index in [9.17, 15) is 0 Å². The van der Waals surface area contributed by atoms with Gasteiger partial charge in [-0.15, -0.1) is 0 Å².